The Balaban J connectivity index is 1.85. The van der Waals surface area contributed by atoms with Crippen molar-refractivity contribution < 1.29 is 19.3 Å². The Morgan fingerprint density at radius 3 is 2.60 bits per heavy atom. The molecular weight excluding hydrogens is 330 g/mol. The van der Waals surface area contributed by atoms with E-state index in [1.807, 2.05) is 28.2 Å². The normalized spacial score (nSPS) is 31.8. The lowest BCUT2D eigenvalue weighted by Crippen LogP contribution is -2.35. The summed E-state index contributed by atoms with van der Waals surface area (Å²) in [4.78, 5) is 23.9. The van der Waals surface area contributed by atoms with Crippen LogP contribution in [0.25, 0.3) is 0 Å². The summed E-state index contributed by atoms with van der Waals surface area (Å²) in [6.45, 7) is -0.228. The third-order valence-corrected chi connectivity index (χ3v) is 3.94. The van der Waals surface area contributed by atoms with Gasteiger partial charge in [-0.1, -0.05) is 0 Å². The van der Waals surface area contributed by atoms with Crippen LogP contribution in [0.5, 0.6) is 0 Å². The van der Waals surface area contributed by atoms with Gasteiger partial charge in [-0.05, 0) is 20.2 Å². The van der Waals surface area contributed by atoms with Crippen molar-refractivity contribution in [3.8, 4) is 0 Å². The number of rotatable bonds is 5. The molecule has 1 aromatic rings. The van der Waals surface area contributed by atoms with Gasteiger partial charge in [0, 0.05) is 20.3 Å². The van der Waals surface area contributed by atoms with Gasteiger partial charge in [0.05, 0.1) is 12.9 Å². The molecule has 0 radical (unpaired) electrons. The highest BCUT2D eigenvalue weighted by atomic mass is 16.8. The minimum atomic E-state index is -0.723. The predicted molar refractivity (Wildman–Crippen MR) is 88.6 cm³/mol. The van der Waals surface area contributed by atoms with E-state index in [2.05, 4.69) is 9.98 Å². The Morgan fingerprint density at radius 2 is 2.00 bits per heavy atom. The zero-order valence-electron chi connectivity index (χ0n) is 14.6. The molecule has 1 unspecified atom stereocenters. The molecule has 0 aliphatic carbocycles. The molecule has 25 heavy (non-hydrogen) atoms. The molecule has 138 valence electrons. The van der Waals surface area contributed by atoms with Crippen LogP contribution in [0.4, 0.5) is 5.82 Å². The molecule has 2 saturated heterocycles. The first kappa shape index (κ1) is 18.0. The Hall–Kier alpha value is -1.85. The van der Waals surface area contributed by atoms with Crippen molar-refractivity contribution in [1.82, 2.24) is 19.4 Å². The van der Waals surface area contributed by atoms with Crippen LogP contribution in [0.15, 0.2) is 22.1 Å². The summed E-state index contributed by atoms with van der Waals surface area (Å²) in [5.41, 5.74) is -0.507. The summed E-state index contributed by atoms with van der Waals surface area (Å²) in [6.07, 6.45) is 0.304. The van der Waals surface area contributed by atoms with Gasteiger partial charge in [-0.25, -0.2) is 9.79 Å². The minimum Gasteiger partial charge on any atom is -0.394 e. The van der Waals surface area contributed by atoms with E-state index in [1.54, 1.807) is 28.4 Å². The first-order valence-electron chi connectivity index (χ1n) is 7.94. The SMILES string of the molecule is CN(C)/C=N/c1ccn([C@@H]2O[C@H](CO)[C@H]3OC(N(C)C)O[C@H]32)c(=O)n1. The molecule has 3 rings (SSSR count). The van der Waals surface area contributed by atoms with Gasteiger partial charge in [0.25, 0.3) is 0 Å². The van der Waals surface area contributed by atoms with Gasteiger partial charge in [0.1, 0.15) is 18.3 Å². The Labute approximate surface area is 145 Å². The number of aliphatic hydroxyl groups excluding tert-OH is 1. The molecule has 2 fully saturated rings. The second-order valence-electron chi connectivity index (χ2n) is 6.40. The molecule has 2 aliphatic rings. The van der Waals surface area contributed by atoms with Crippen LogP contribution in [0.1, 0.15) is 6.23 Å². The molecule has 0 aromatic carbocycles. The Bertz CT molecular complexity index is 691. The summed E-state index contributed by atoms with van der Waals surface area (Å²) in [6, 6.07) is 1.62. The minimum absolute atomic E-state index is 0.228. The van der Waals surface area contributed by atoms with E-state index < -0.39 is 36.6 Å². The summed E-state index contributed by atoms with van der Waals surface area (Å²) in [7, 11) is 7.29. The maximum atomic E-state index is 12.4. The fraction of sp³-hybridized carbons (Fsp3) is 0.667. The van der Waals surface area contributed by atoms with Gasteiger partial charge < -0.3 is 24.2 Å². The fourth-order valence-electron chi connectivity index (χ4n) is 2.78. The van der Waals surface area contributed by atoms with Gasteiger partial charge >= 0.3 is 5.69 Å². The molecule has 0 saturated carbocycles. The first-order valence-corrected chi connectivity index (χ1v) is 7.94. The van der Waals surface area contributed by atoms with E-state index in [0.717, 1.165) is 0 Å². The second-order valence-corrected chi connectivity index (χ2v) is 6.40. The van der Waals surface area contributed by atoms with Gasteiger partial charge in [-0.15, -0.1) is 0 Å². The molecule has 3 heterocycles. The van der Waals surface area contributed by atoms with E-state index in [-0.39, 0.29) is 6.61 Å². The third-order valence-electron chi connectivity index (χ3n) is 3.94. The molecule has 0 spiro atoms. The number of ether oxygens (including phenoxy) is 3. The van der Waals surface area contributed by atoms with Crippen molar-refractivity contribution in [3.63, 3.8) is 0 Å². The molecule has 5 atom stereocenters. The van der Waals surface area contributed by atoms with Gasteiger partial charge in [-0.2, -0.15) is 4.98 Å². The smallest absolute Gasteiger partial charge is 0.351 e. The van der Waals surface area contributed by atoms with Gasteiger partial charge in [0.2, 0.25) is 6.41 Å². The van der Waals surface area contributed by atoms with Crippen LogP contribution in [0, 0.1) is 0 Å². The molecule has 2 aliphatic heterocycles. The van der Waals surface area contributed by atoms with Crippen LogP contribution >= 0.6 is 0 Å². The lowest BCUT2D eigenvalue weighted by atomic mass is 10.1. The van der Waals surface area contributed by atoms with E-state index in [1.165, 1.54) is 4.57 Å². The van der Waals surface area contributed by atoms with Crippen molar-refractivity contribution in [2.45, 2.75) is 31.0 Å². The topological polar surface area (TPSA) is 102 Å². The monoisotopic (exact) mass is 353 g/mol. The van der Waals surface area contributed by atoms with Crippen LogP contribution in [-0.4, -0.2) is 90.3 Å². The largest absolute Gasteiger partial charge is 0.394 e. The summed E-state index contributed by atoms with van der Waals surface area (Å²) in [5, 5.41) is 9.54. The molecule has 10 heteroatoms. The lowest BCUT2D eigenvalue weighted by Gasteiger charge is -2.23. The number of aliphatic imine (C=N–C) groups is 1. The zero-order valence-corrected chi connectivity index (χ0v) is 14.6. The van der Waals surface area contributed by atoms with Crippen LogP contribution < -0.4 is 5.69 Å². The molecular formula is C15H23N5O5. The number of hydrogen-bond donors (Lipinski definition) is 1. The van der Waals surface area contributed by atoms with Gasteiger partial charge in [0.15, 0.2) is 12.0 Å². The van der Waals surface area contributed by atoms with E-state index in [9.17, 15) is 9.90 Å². The molecule has 0 amide bonds. The highest BCUT2D eigenvalue weighted by Crippen LogP contribution is 2.39. The highest BCUT2D eigenvalue weighted by Gasteiger charge is 2.53. The van der Waals surface area contributed by atoms with E-state index >= 15 is 0 Å². The second kappa shape index (κ2) is 7.18. The van der Waals surface area contributed by atoms with Crippen molar-refractivity contribution in [2.75, 3.05) is 34.8 Å². The van der Waals surface area contributed by atoms with Crippen LogP contribution in [-0.2, 0) is 14.2 Å². The standard InChI is InChI=1S/C15H23N5O5/c1-18(2)8-16-10-5-6-20(14(22)17-10)13-12-11(9(7-21)23-13)24-15(25-12)19(3)4/h5-6,8-9,11-13,15,21H,7H2,1-4H3/b16-8+/t9-,11-,12-,13-,15?/m1/s1. The maximum absolute atomic E-state index is 12.4. The maximum Gasteiger partial charge on any atom is 0.351 e. The average molecular weight is 353 g/mol. The average Bonchev–Trinajstić information content (AvgIpc) is 3.12. The molecule has 1 N–H and O–H groups in total. The zero-order chi connectivity index (χ0) is 18.1. The van der Waals surface area contributed by atoms with Crippen molar-refractivity contribution in [2.24, 2.45) is 4.99 Å². The Morgan fingerprint density at radius 1 is 1.28 bits per heavy atom. The quantitative estimate of drug-likeness (QED) is 0.530. The summed E-state index contributed by atoms with van der Waals surface area (Å²) < 4.78 is 18.7. The van der Waals surface area contributed by atoms with Crippen molar-refractivity contribution in [1.29, 1.82) is 0 Å². The molecule has 10 nitrogen and oxygen atoms in total. The number of aromatic nitrogens is 2. The summed E-state index contributed by atoms with van der Waals surface area (Å²) >= 11 is 0. The lowest BCUT2D eigenvalue weighted by molar-refractivity contribution is -0.199. The van der Waals surface area contributed by atoms with Crippen molar-refractivity contribution >= 4 is 12.2 Å². The molecule has 1 aromatic heterocycles. The van der Waals surface area contributed by atoms with Crippen molar-refractivity contribution in [3.05, 3.63) is 22.7 Å². The first-order chi connectivity index (χ1) is 11.9. The Kier molecular flexibility index (Phi) is 5.16. The van der Waals surface area contributed by atoms with E-state index in [0.29, 0.717) is 5.82 Å². The fourth-order valence-corrected chi connectivity index (χ4v) is 2.78. The number of hydrogen-bond acceptors (Lipinski definition) is 8. The predicted octanol–water partition coefficient (Wildman–Crippen LogP) is -1.02. The number of aliphatic hydroxyl groups is 1. The number of fused-ring (bicyclic) bond motifs is 1. The molecule has 0 bridgehead atoms. The number of nitrogens with zero attached hydrogens (tertiary/aromatic N) is 5. The van der Waals surface area contributed by atoms with Gasteiger partial charge in [-0.3, -0.25) is 9.47 Å². The third kappa shape index (κ3) is 3.58. The highest BCUT2D eigenvalue weighted by molar-refractivity contribution is 5.58. The van der Waals surface area contributed by atoms with Crippen LogP contribution in [0.2, 0.25) is 0 Å². The van der Waals surface area contributed by atoms with E-state index in [4.69, 9.17) is 14.2 Å². The summed E-state index contributed by atoms with van der Waals surface area (Å²) in [5.74, 6) is 0.304. The van der Waals surface area contributed by atoms with Crippen LogP contribution in [0.3, 0.4) is 0 Å².